The van der Waals surface area contributed by atoms with Gasteiger partial charge in [0, 0.05) is 5.56 Å². The van der Waals surface area contributed by atoms with Crippen molar-refractivity contribution in [2.75, 3.05) is 33.3 Å². The fourth-order valence-electron chi connectivity index (χ4n) is 5.68. The van der Waals surface area contributed by atoms with Crippen LogP contribution in [0.25, 0.3) is 0 Å². The number of nitrogens with zero attached hydrogens (tertiary/aromatic N) is 4. The highest BCUT2D eigenvalue weighted by atomic mass is 16.5. The minimum Gasteiger partial charge on any atom is -0.497 e. The standard InChI is InChI=1S/C26H34N6O/c1-20-7-11-22(12-8-20)25(31-17-15-30(16-18-31)23-5-3-4-6-23)26-27-28-29-32(26)19-21-9-13-24(33-2)14-10-21/h7-14,23,25H,3-6,15-19H2,1-2H3/p+2/t25-/m1/s1. The van der Waals surface area contributed by atoms with Crippen molar-refractivity contribution >= 4 is 0 Å². The van der Waals surface area contributed by atoms with Gasteiger partial charge in [-0.05, 0) is 60.7 Å². The summed E-state index contributed by atoms with van der Waals surface area (Å²) < 4.78 is 7.29. The number of aryl methyl sites for hydroxylation is 1. The molecule has 0 amide bonds. The Hall–Kier alpha value is -2.77. The van der Waals surface area contributed by atoms with Crippen molar-refractivity contribution in [1.29, 1.82) is 0 Å². The molecule has 1 saturated heterocycles. The van der Waals surface area contributed by atoms with Gasteiger partial charge < -0.3 is 14.5 Å². The molecule has 1 aliphatic heterocycles. The van der Waals surface area contributed by atoms with Gasteiger partial charge in [0.2, 0.25) is 5.82 Å². The number of ether oxygens (including phenoxy) is 1. The Labute approximate surface area is 196 Å². The van der Waals surface area contributed by atoms with E-state index in [1.54, 1.807) is 12.0 Å². The van der Waals surface area contributed by atoms with Crippen LogP contribution in [-0.4, -0.2) is 59.5 Å². The molecule has 2 heterocycles. The Balaban J connectivity index is 1.39. The highest BCUT2D eigenvalue weighted by molar-refractivity contribution is 5.28. The monoisotopic (exact) mass is 448 g/mol. The number of rotatable bonds is 7. The summed E-state index contributed by atoms with van der Waals surface area (Å²) in [7, 11) is 1.69. The molecule has 5 rings (SSSR count). The van der Waals surface area contributed by atoms with Crippen LogP contribution in [0.5, 0.6) is 5.75 Å². The fraction of sp³-hybridized carbons (Fsp3) is 0.500. The van der Waals surface area contributed by atoms with E-state index in [1.165, 1.54) is 49.9 Å². The maximum Gasteiger partial charge on any atom is 0.214 e. The third-order valence-corrected chi connectivity index (χ3v) is 7.60. The lowest BCUT2D eigenvalue weighted by molar-refractivity contribution is -1.03. The maximum absolute atomic E-state index is 5.31. The molecule has 0 radical (unpaired) electrons. The largest absolute Gasteiger partial charge is 0.497 e. The topological polar surface area (TPSA) is 61.7 Å². The fourth-order valence-corrected chi connectivity index (χ4v) is 5.68. The van der Waals surface area contributed by atoms with Crippen molar-refractivity contribution < 1.29 is 14.5 Å². The molecule has 2 aromatic carbocycles. The molecular weight excluding hydrogens is 412 g/mol. The van der Waals surface area contributed by atoms with Crippen molar-refractivity contribution in [3.63, 3.8) is 0 Å². The van der Waals surface area contributed by atoms with E-state index in [-0.39, 0.29) is 6.04 Å². The van der Waals surface area contributed by atoms with E-state index in [0.717, 1.165) is 36.3 Å². The molecule has 174 valence electrons. The Bertz CT molecular complexity index is 1020. The summed E-state index contributed by atoms with van der Waals surface area (Å²) in [5, 5.41) is 13.1. The average molecular weight is 449 g/mol. The predicted molar refractivity (Wildman–Crippen MR) is 127 cm³/mol. The number of aromatic nitrogens is 4. The summed E-state index contributed by atoms with van der Waals surface area (Å²) in [6, 6.07) is 18.1. The van der Waals surface area contributed by atoms with E-state index in [0.29, 0.717) is 6.54 Å². The van der Waals surface area contributed by atoms with E-state index in [1.807, 2.05) is 21.7 Å². The summed E-state index contributed by atoms with van der Waals surface area (Å²) in [5.74, 6) is 1.81. The summed E-state index contributed by atoms with van der Waals surface area (Å²) in [5.41, 5.74) is 3.74. The van der Waals surface area contributed by atoms with Crippen LogP contribution in [0.15, 0.2) is 48.5 Å². The SMILES string of the molecule is COc1ccc(Cn2nnnc2[C@@H](c2ccc(C)cc2)[NH+]2CC[NH+](C3CCCC3)CC2)cc1. The van der Waals surface area contributed by atoms with E-state index in [9.17, 15) is 0 Å². The van der Waals surface area contributed by atoms with Crippen LogP contribution in [0.1, 0.15) is 54.2 Å². The number of hydrogen-bond donors (Lipinski definition) is 2. The first kappa shape index (κ1) is 22.0. The minimum absolute atomic E-state index is 0.143. The number of methoxy groups -OCH3 is 1. The number of hydrogen-bond acceptors (Lipinski definition) is 4. The molecule has 7 heteroatoms. The van der Waals surface area contributed by atoms with Crippen molar-refractivity contribution in [3.05, 3.63) is 71.0 Å². The molecular formula is C26H36N6O+2. The molecule has 0 unspecified atom stereocenters. The number of benzene rings is 2. The molecule has 0 spiro atoms. The Kier molecular flexibility index (Phi) is 6.69. The van der Waals surface area contributed by atoms with Gasteiger partial charge in [0.25, 0.3) is 0 Å². The highest BCUT2D eigenvalue weighted by Crippen LogP contribution is 2.20. The van der Waals surface area contributed by atoms with Crippen LogP contribution in [0.3, 0.4) is 0 Å². The van der Waals surface area contributed by atoms with Crippen LogP contribution in [0.2, 0.25) is 0 Å². The number of tetrazole rings is 1. The number of quaternary nitrogens is 2. The van der Waals surface area contributed by atoms with Gasteiger partial charge in [0.05, 0.1) is 19.7 Å². The summed E-state index contributed by atoms with van der Waals surface area (Å²) in [4.78, 5) is 3.39. The Morgan fingerprint density at radius 2 is 1.67 bits per heavy atom. The zero-order valence-electron chi connectivity index (χ0n) is 19.8. The molecule has 1 aromatic heterocycles. The smallest absolute Gasteiger partial charge is 0.214 e. The minimum atomic E-state index is 0.143. The molecule has 1 aliphatic carbocycles. The number of piperazine rings is 1. The molecule has 0 bridgehead atoms. The lowest BCUT2D eigenvalue weighted by Gasteiger charge is -2.36. The van der Waals surface area contributed by atoms with Crippen LogP contribution in [0, 0.1) is 6.92 Å². The second-order valence-electron chi connectivity index (χ2n) is 9.68. The van der Waals surface area contributed by atoms with Crippen molar-refractivity contribution in [2.45, 2.75) is 51.2 Å². The molecule has 1 atom stereocenters. The first-order chi connectivity index (χ1) is 16.2. The summed E-state index contributed by atoms with van der Waals surface area (Å²) >= 11 is 0. The Morgan fingerprint density at radius 1 is 0.970 bits per heavy atom. The second-order valence-corrected chi connectivity index (χ2v) is 9.68. The zero-order chi connectivity index (χ0) is 22.6. The Morgan fingerprint density at radius 3 is 2.33 bits per heavy atom. The summed E-state index contributed by atoms with van der Waals surface area (Å²) in [6.45, 7) is 7.58. The van der Waals surface area contributed by atoms with E-state index in [2.05, 4.69) is 58.8 Å². The number of nitrogens with one attached hydrogen (secondary N) is 2. The van der Waals surface area contributed by atoms with Gasteiger partial charge >= 0.3 is 0 Å². The third-order valence-electron chi connectivity index (χ3n) is 7.60. The molecule has 1 saturated carbocycles. The van der Waals surface area contributed by atoms with Crippen molar-refractivity contribution in [1.82, 2.24) is 20.2 Å². The van der Waals surface area contributed by atoms with Crippen molar-refractivity contribution in [3.8, 4) is 5.75 Å². The molecule has 2 fully saturated rings. The first-order valence-electron chi connectivity index (χ1n) is 12.4. The molecule has 7 nitrogen and oxygen atoms in total. The van der Waals surface area contributed by atoms with Gasteiger partial charge in [-0.2, -0.15) is 0 Å². The van der Waals surface area contributed by atoms with Crippen LogP contribution >= 0.6 is 0 Å². The predicted octanol–water partition coefficient (Wildman–Crippen LogP) is 0.854. The second kappa shape index (κ2) is 10.0. The van der Waals surface area contributed by atoms with Crippen LogP contribution in [-0.2, 0) is 6.54 Å². The van der Waals surface area contributed by atoms with Crippen LogP contribution < -0.4 is 14.5 Å². The van der Waals surface area contributed by atoms with Gasteiger partial charge in [-0.15, -0.1) is 5.10 Å². The lowest BCUT2D eigenvalue weighted by atomic mass is 10.0. The van der Waals surface area contributed by atoms with Gasteiger partial charge in [-0.3, -0.25) is 0 Å². The molecule has 33 heavy (non-hydrogen) atoms. The van der Waals surface area contributed by atoms with Crippen molar-refractivity contribution in [2.24, 2.45) is 0 Å². The molecule has 2 aliphatic rings. The van der Waals surface area contributed by atoms with Crippen LogP contribution in [0.4, 0.5) is 0 Å². The van der Waals surface area contributed by atoms with E-state index >= 15 is 0 Å². The maximum atomic E-state index is 5.31. The molecule has 3 aromatic rings. The van der Waals surface area contributed by atoms with Gasteiger partial charge in [-0.1, -0.05) is 42.0 Å². The molecule has 2 N–H and O–H groups in total. The third kappa shape index (κ3) is 4.94. The summed E-state index contributed by atoms with van der Waals surface area (Å²) in [6.07, 6.45) is 5.64. The lowest BCUT2D eigenvalue weighted by Crippen LogP contribution is -3.29. The zero-order valence-corrected chi connectivity index (χ0v) is 19.8. The van der Waals surface area contributed by atoms with Gasteiger partial charge in [0.15, 0.2) is 6.04 Å². The average Bonchev–Trinajstić information content (AvgIpc) is 3.55. The van der Waals surface area contributed by atoms with E-state index < -0.39 is 0 Å². The quantitative estimate of drug-likeness (QED) is 0.563. The first-order valence-corrected chi connectivity index (χ1v) is 12.4. The van der Waals surface area contributed by atoms with E-state index in [4.69, 9.17) is 4.74 Å². The normalized spacial score (nSPS) is 22.4. The highest BCUT2D eigenvalue weighted by Gasteiger charge is 2.38. The van der Waals surface area contributed by atoms with Gasteiger partial charge in [0.1, 0.15) is 31.9 Å². The van der Waals surface area contributed by atoms with Gasteiger partial charge in [-0.25, -0.2) is 4.68 Å².